The normalized spacial score (nSPS) is 11.8. The van der Waals surface area contributed by atoms with Crippen LogP contribution < -0.4 is 5.56 Å². The number of hydrogen-bond donors (Lipinski definition) is 3. The highest BCUT2D eigenvalue weighted by atomic mass is 19.4. The third-order valence-corrected chi connectivity index (χ3v) is 2.78. The molecular weight excluding hydrogens is 277 g/mol. The second-order valence-electron chi connectivity index (χ2n) is 4.07. The zero-order chi connectivity index (χ0) is 14.9. The van der Waals surface area contributed by atoms with E-state index in [0.29, 0.717) is 4.68 Å². The number of halogens is 3. The SMILES string of the molecule is O=c1[nH]n(-c2ccccc2C(F)(F)F)c(O)c1CCO. The molecule has 0 radical (unpaired) electrons. The van der Waals surface area contributed by atoms with E-state index in [2.05, 4.69) is 5.10 Å². The van der Waals surface area contributed by atoms with Crippen LogP contribution in [0.1, 0.15) is 11.1 Å². The Morgan fingerprint density at radius 3 is 2.50 bits per heavy atom. The summed E-state index contributed by atoms with van der Waals surface area (Å²) < 4.78 is 39.3. The van der Waals surface area contributed by atoms with Gasteiger partial charge < -0.3 is 10.2 Å². The summed E-state index contributed by atoms with van der Waals surface area (Å²) in [5.41, 5.74) is -2.28. The second-order valence-corrected chi connectivity index (χ2v) is 4.07. The molecule has 8 heteroatoms. The number of H-pyrrole nitrogens is 1. The largest absolute Gasteiger partial charge is 0.493 e. The van der Waals surface area contributed by atoms with Crippen LogP contribution in [0.5, 0.6) is 5.88 Å². The van der Waals surface area contributed by atoms with Gasteiger partial charge in [0.25, 0.3) is 5.56 Å². The fraction of sp³-hybridized carbons (Fsp3) is 0.250. The highest BCUT2D eigenvalue weighted by Crippen LogP contribution is 2.34. The van der Waals surface area contributed by atoms with Crippen molar-refractivity contribution in [2.45, 2.75) is 12.6 Å². The minimum absolute atomic E-state index is 0.150. The van der Waals surface area contributed by atoms with E-state index in [-0.39, 0.29) is 12.0 Å². The summed E-state index contributed by atoms with van der Waals surface area (Å²) in [4.78, 5) is 11.6. The first-order chi connectivity index (χ1) is 9.36. The van der Waals surface area contributed by atoms with Gasteiger partial charge in [-0.15, -0.1) is 0 Å². The maximum atomic E-state index is 12.9. The first-order valence-electron chi connectivity index (χ1n) is 5.66. The van der Waals surface area contributed by atoms with E-state index >= 15 is 0 Å². The van der Waals surface area contributed by atoms with E-state index in [1.807, 2.05) is 0 Å². The number of nitrogens with zero attached hydrogens (tertiary/aromatic N) is 1. The summed E-state index contributed by atoms with van der Waals surface area (Å²) in [6.45, 7) is -0.401. The number of hydrogen-bond acceptors (Lipinski definition) is 3. The lowest BCUT2D eigenvalue weighted by atomic mass is 10.1. The molecule has 1 heterocycles. The van der Waals surface area contributed by atoms with Gasteiger partial charge in [0.2, 0.25) is 5.88 Å². The van der Waals surface area contributed by atoms with Crippen molar-refractivity contribution < 1.29 is 23.4 Å². The lowest BCUT2D eigenvalue weighted by molar-refractivity contribution is -0.137. The number of aromatic hydroxyl groups is 1. The second kappa shape index (κ2) is 5.04. The summed E-state index contributed by atoms with van der Waals surface area (Å²) in [5.74, 6) is -0.638. The summed E-state index contributed by atoms with van der Waals surface area (Å²) in [6, 6.07) is 4.54. The molecule has 0 bridgehead atoms. The highest BCUT2D eigenvalue weighted by Gasteiger charge is 2.34. The van der Waals surface area contributed by atoms with Gasteiger partial charge in [-0.3, -0.25) is 9.89 Å². The summed E-state index contributed by atoms with van der Waals surface area (Å²) >= 11 is 0. The molecular formula is C12H11F3N2O3. The van der Waals surface area contributed by atoms with Crippen LogP contribution in [0.4, 0.5) is 13.2 Å². The molecule has 0 spiro atoms. The number of nitrogens with one attached hydrogen (secondary N) is 1. The Hall–Kier alpha value is -2.22. The van der Waals surface area contributed by atoms with Gasteiger partial charge in [-0.1, -0.05) is 12.1 Å². The molecule has 0 aliphatic rings. The van der Waals surface area contributed by atoms with Crippen molar-refractivity contribution in [1.82, 2.24) is 9.78 Å². The van der Waals surface area contributed by atoms with Crippen molar-refractivity contribution in [3.05, 3.63) is 45.7 Å². The zero-order valence-corrected chi connectivity index (χ0v) is 10.1. The molecule has 0 unspecified atom stereocenters. The maximum Gasteiger partial charge on any atom is 0.418 e. The number of alkyl halides is 3. The fourth-order valence-corrected chi connectivity index (χ4v) is 1.88. The number of aromatic nitrogens is 2. The number of aliphatic hydroxyl groups is 1. The van der Waals surface area contributed by atoms with E-state index in [9.17, 15) is 23.1 Å². The van der Waals surface area contributed by atoms with E-state index in [4.69, 9.17) is 5.11 Å². The molecule has 0 atom stereocenters. The van der Waals surface area contributed by atoms with Crippen LogP contribution in [0.25, 0.3) is 5.69 Å². The van der Waals surface area contributed by atoms with E-state index in [0.717, 1.165) is 12.1 Å². The van der Waals surface area contributed by atoms with Crippen molar-refractivity contribution in [3.8, 4) is 11.6 Å². The van der Waals surface area contributed by atoms with Gasteiger partial charge in [0.1, 0.15) is 0 Å². The number of rotatable bonds is 3. The standard InChI is InChI=1S/C12H11F3N2O3/c13-12(14,15)8-3-1-2-4-9(8)17-11(20)7(5-6-18)10(19)16-17/h1-4,18,20H,5-6H2,(H,16,19). The Balaban J connectivity index is 2.65. The Kier molecular flexibility index (Phi) is 3.58. The van der Waals surface area contributed by atoms with Crippen LogP contribution in [0.2, 0.25) is 0 Å². The molecule has 5 nitrogen and oxygen atoms in total. The maximum absolute atomic E-state index is 12.9. The molecule has 0 saturated carbocycles. The topological polar surface area (TPSA) is 78.2 Å². The van der Waals surface area contributed by atoms with Gasteiger partial charge >= 0.3 is 6.18 Å². The number of para-hydroxylation sites is 1. The molecule has 2 aromatic rings. The molecule has 0 fully saturated rings. The lowest BCUT2D eigenvalue weighted by Gasteiger charge is -2.13. The summed E-state index contributed by atoms with van der Waals surface area (Å²) in [6.07, 6.45) is -4.77. The molecule has 0 saturated heterocycles. The van der Waals surface area contributed by atoms with Crippen molar-refractivity contribution in [2.24, 2.45) is 0 Å². The minimum atomic E-state index is -4.62. The van der Waals surface area contributed by atoms with Crippen molar-refractivity contribution in [3.63, 3.8) is 0 Å². The highest BCUT2D eigenvalue weighted by molar-refractivity contribution is 5.45. The zero-order valence-electron chi connectivity index (χ0n) is 10.1. The predicted octanol–water partition coefficient (Wildman–Crippen LogP) is 1.42. The van der Waals surface area contributed by atoms with Crippen LogP contribution in [-0.2, 0) is 12.6 Å². The van der Waals surface area contributed by atoms with Crippen molar-refractivity contribution in [2.75, 3.05) is 6.61 Å². The van der Waals surface area contributed by atoms with Gasteiger partial charge in [-0.2, -0.15) is 13.2 Å². The van der Waals surface area contributed by atoms with Gasteiger partial charge in [0, 0.05) is 13.0 Å². The predicted molar refractivity (Wildman–Crippen MR) is 63.8 cm³/mol. The Morgan fingerprint density at radius 1 is 1.25 bits per heavy atom. The van der Waals surface area contributed by atoms with Crippen LogP contribution >= 0.6 is 0 Å². The number of aromatic amines is 1. The molecule has 1 aromatic heterocycles. The van der Waals surface area contributed by atoms with E-state index in [1.165, 1.54) is 12.1 Å². The average Bonchev–Trinajstić information content (AvgIpc) is 2.66. The molecule has 1 aromatic carbocycles. The van der Waals surface area contributed by atoms with Crippen LogP contribution in [-0.4, -0.2) is 26.6 Å². The van der Waals surface area contributed by atoms with Gasteiger partial charge in [0.15, 0.2) is 0 Å². The Labute approximate surface area is 110 Å². The Morgan fingerprint density at radius 2 is 1.90 bits per heavy atom. The van der Waals surface area contributed by atoms with Gasteiger partial charge in [0.05, 0.1) is 16.8 Å². The van der Waals surface area contributed by atoms with Crippen LogP contribution in [0.3, 0.4) is 0 Å². The molecule has 108 valence electrons. The third-order valence-electron chi connectivity index (χ3n) is 2.78. The number of benzene rings is 1. The van der Waals surface area contributed by atoms with Crippen molar-refractivity contribution >= 4 is 0 Å². The fourth-order valence-electron chi connectivity index (χ4n) is 1.88. The number of aliphatic hydroxyl groups excluding tert-OH is 1. The first-order valence-corrected chi connectivity index (χ1v) is 5.66. The van der Waals surface area contributed by atoms with Crippen molar-refractivity contribution in [1.29, 1.82) is 0 Å². The van der Waals surface area contributed by atoms with Crippen LogP contribution in [0, 0.1) is 0 Å². The average molecular weight is 288 g/mol. The lowest BCUT2D eigenvalue weighted by Crippen LogP contribution is -2.13. The minimum Gasteiger partial charge on any atom is -0.493 e. The van der Waals surface area contributed by atoms with E-state index < -0.39 is 35.5 Å². The smallest absolute Gasteiger partial charge is 0.418 e. The molecule has 0 aliphatic heterocycles. The third kappa shape index (κ3) is 2.42. The van der Waals surface area contributed by atoms with Gasteiger partial charge in [-0.25, -0.2) is 4.68 Å². The monoisotopic (exact) mass is 288 g/mol. The molecule has 3 N–H and O–H groups in total. The molecule has 0 amide bonds. The molecule has 2 rings (SSSR count). The summed E-state index contributed by atoms with van der Waals surface area (Å²) in [7, 11) is 0. The molecule has 20 heavy (non-hydrogen) atoms. The van der Waals surface area contributed by atoms with Crippen LogP contribution in [0.15, 0.2) is 29.1 Å². The first kappa shape index (κ1) is 14.2. The summed E-state index contributed by atoms with van der Waals surface area (Å²) in [5, 5.41) is 20.7. The van der Waals surface area contributed by atoms with E-state index in [1.54, 1.807) is 0 Å². The quantitative estimate of drug-likeness (QED) is 0.799. The molecule has 0 aliphatic carbocycles. The Bertz CT molecular complexity index is 673. The van der Waals surface area contributed by atoms with Gasteiger partial charge in [-0.05, 0) is 12.1 Å².